The number of amides is 2. The molecule has 2 aliphatic carbocycles. The molecular weight excluding hydrogens is 398 g/mol. The van der Waals surface area contributed by atoms with Crippen molar-refractivity contribution in [3.8, 4) is 0 Å². The monoisotopic (exact) mass is 431 g/mol. The van der Waals surface area contributed by atoms with Gasteiger partial charge in [-0.15, -0.1) is 0 Å². The molecule has 1 heterocycles. The minimum Gasteiger partial charge on any atom is -0.483 e. The summed E-state index contributed by atoms with van der Waals surface area (Å²) in [6, 6.07) is 8.08. The fourth-order valence-electron chi connectivity index (χ4n) is 4.46. The van der Waals surface area contributed by atoms with Gasteiger partial charge in [0, 0.05) is 24.8 Å². The highest BCUT2D eigenvalue weighted by Gasteiger charge is 2.45. The number of carboxylic acid groups (broad SMARTS) is 1. The first-order valence-corrected chi connectivity index (χ1v) is 11.2. The smallest absolute Gasteiger partial charge is 0.290 e. The molecule has 8 heteroatoms. The van der Waals surface area contributed by atoms with Gasteiger partial charge >= 0.3 is 0 Å². The van der Waals surface area contributed by atoms with Crippen LogP contribution in [0.5, 0.6) is 0 Å². The maximum Gasteiger partial charge on any atom is 0.290 e. The van der Waals surface area contributed by atoms with Gasteiger partial charge in [0.15, 0.2) is 0 Å². The topological polar surface area (TPSA) is 108 Å². The van der Waals surface area contributed by atoms with E-state index in [2.05, 4.69) is 15.5 Å². The third-order valence-corrected chi connectivity index (χ3v) is 6.24. The summed E-state index contributed by atoms with van der Waals surface area (Å²) in [7, 11) is 0. The summed E-state index contributed by atoms with van der Waals surface area (Å²) in [4.78, 5) is 36.0. The van der Waals surface area contributed by atoms with Crippen LogP contribution in [0.2, 0.25) is 0 Å². The van der Waals surface area contributed by atoms with Crippen LogP contribution >= 0.6 is 0 Å². The van der Waals surface area contributed by atoms with E-state index in [0.717, 1.165) is 62.9 Å². The molecular formula is C23H33N3O5. The minimum atomic E-state index is -0.412. The van der Waals surface area contributed by atoms with Gasteiger partial charge in [0.05, 0.1) is 19.6 Å². The second kappa shape index (κ2) is 11.2. The zero-order valence-electron chi connectivity index (χ0n) is 18.0. The lowest BCUT2D eigenvalue weighted by atomic mass is 9.79. The molecule has 3 aliphatic rings. The van der Waals surface area contributed by atoms with Gasteiger partial charge in [0.1, 0.15) is 5.54 Å². The molecule has 0 unspecified atom stereocenters. The van der Waals surface area contributed by atoms with Gasteiger partial charge in [-0.3, -0.25) is 19.3 Å². The van der Waals surface area contributed by atoms with Crippen LogP contribution in [0.15, 0.2) is 24.3 Å². The summed E-state index contributed by atoms with van der Waals surface area (Å²) >= 11 is 0. The SMILES string of the molecule is O=C(Cc1ccc(NC(=O)C2(N3CCOCC3)CCCCC2)cc1)NC1CC1.O=CO. The fourth-order valence-corrected chi connectivity index (χ4v) is 4.46. The quantitative estimate of drug-likeness (QED) is 0.596. The standard InChI is InChI=1S/C22H31N3O3.CH2O2/c26-20(23-18-8-9-18)16-17-4-6-19(7-5-17)24-21(27)22(10-2-1-3-11-22)25-12-14-28-15-13-25;2-1-3/h4-7,18H,1-3,8-16H2,(H,23,26)(H,24,27);1H,(H,2,3). The van der Waals surface area contributed by atoms with Crippen LogP contribution in [0.4, 0.5) is 5.69 Å². The fraction of sp³-hybridized carbons (Fsp3) is 0.609. The van der Waals surface area contributed by atoms with Gasteiger partial charge in [-0.1, -0.05) is 31.4 Å². The molecule has 0 aromatic heterocycles. The number of rotatable bonds is 6. The van der Waals surface area contributed by atoms with Gasteiger partial charge in [-0.25, -0.2) is 0 Å². The maximum atomic E-state index is 13.3. The van der Waals surface area contributed by atoms with E-state index >= 15 is 0 Å². The molecule has 1 saturated heterocycles. The van der Waals surface area contributed by atoms with Gasteiger partial charge in [-0.2, -0.15) is 0 Å². The zero-order chi connectivity index (χ0) is 22.1. The number of ether oxygens (including phenoxy) is 1. The predicted molar refractivity (Wildman–Crippen MR) is 117 cm³/mol. The molecule has 2 amide bonds. The third-order valence-electron chi connectivity index (χ3n) is 6.24. The van der Waals surface area contributed by atoms with Gasteiger partial charge in [0.2, 0.25) is 11.8 Å². The molecule has 31 heavy (non-hydrogen) atoms. The second-order valence-electron chi connectivity index (χ2n) is 8.47. The number of anilines is 1. The van der Waals surface area contributed by atoms with Crippen molar-refractivity contribution < 1.29 is 24.2 Å². The Hall–Kier alpha value is -2.45. The van der Waals surface area contributed by atoms with Gasteiger partial charge in [-0.05, 0) is 43.4 Å². The van der Waals surface area contributed by atoms with E-state index in [1.165, 1.54) is 6.42 Å². The van der Waals surface area contributed by atoms with Crippen LogP contribution in [0, 0.1) is 0 Å². The molecule has 1 aliphatic heterocycles. The minimum absolute atomic E-state index is 0.0766. The molecule has 3 N–H and O–H groups in total. The summed E-state index contributed by atoms with van der Waals surface area (Å²) in [6.45, 7) is 2.80. The molecule has 0 radical (unpaired) electrons. The van der Waals surface area contributed by atoms with E-state index in [0.29, 0.717) is 25.7 Å². The van der Waals surface area contributed by atoms with E-state index in [1.54, 1.807) is 0 Å². The van der Waals surface area contributed by atoms with Gasteiger partial charge < -0.3 is 20.5 Å². The van der Waals surface area contributed by atoms with Gasteiger partial charge in [0.25, 0.3) is 6.47 Å². The van der Waals surface area contributed by atoms with Crippen LogP contribution in [-0.4, -0.2) is 66.2 Å². The van der Waals surface area contributed by atoms with Crippen LogP contribution in [-0.2, 0) is 25.5 Å². The molecule has 4 rings (SSSR count). The lowest BCUT2D eigenvalue weighted by Gasteiger charge is -2.46. The van der Waals surface area contributed by atoms with Crippen molar-refractivity contribution in [2.45, 2.75) is 62.9 Å². The zero-order valence-corrected chi connectivity index (χ0v) is 18.0. The van der Waals surface area contributed by atoms with Crippen molar-refractivity contribution in [1.29, 1.82) is 0 Å². The Kier molecular flexibility index (Phi) is 8.43. The largest absolute Gasteiger partial charge is 0.483 e. The number of carbonyl (C=O) groups is 3. The summed E-state index contributed by atoms with van der Waals surface area (Å²) < 4.78 is 5.50. The number of hydrogen-bond donors (Lipinski definition) is 3. The molecule has 0 atom stereocenters. The van der Waals surface area contributed by atoms with Crippen LogP contribution in [0.1, 0.15) is 50.5 Å². The summed E-state index contributed by atoms with van der Waals surface area (Å²) in [5.41, 5.74) is 1.36. The molecule has 170 valence electrons. The highest BCUT2D eigenvalue weighted by atomic mass is 16.5. The highest BCUT2D eigenvalue weighted by Crippen LogP contribution is 2.35. The molecule has 0 bridgehead atoms. The average molecular weight is 432 g/mol. The first-order valence-electron chi connectivity index (χ1n) is 11.2. The van der Waals surface area contributed by atoms with Crippen LogP contribution in [0.3, 0.4) is 0 Å². The van der Waals surface area contributed by atoms with E-state index < -0.39 is 5.54 Å². The maximum absolute atomic E-state index is 13.3. The molecule has 2 saturated carbocycles. The second-order valence-corrected chi connectivity index (χ2v) is 8.47. The van der Waals surface area contributed by atoms with E-state index in [1.807, 2.05) is 24.3 Å². The third kappa shape index (κ3) is 6.51. The molecule has 1 aromatic carbocycles. The van der Waals surface area contributed by atoms with Crippen LogP contribution in [0.25, 0.3) is 0 Å². The first-order chi connectivity index (χ1) is 15.1. The molecule has 0 spiro atoms. The number of hydrogen-bond acceptors (Lipinski definition) is 5. The summed E-state index contributed by atoms with van der Waals surface area (Å²) in [6.07, 6.45) is 7.82. The average Bonchev–Trinajstić information content (AvgIpc) is 3.60. The lowest BCUT2D eigenvalue weighted by molar-refractivity contribution is -0.134. The molecule has 3 fully saturated rings. The Morgan fingerprint density at radius 2 is 1.71 bits per heavy atom. The number of nitrogens with one attached hydrogen (secondary N) is 2. The molecule has 1 aromatic rings. The Morgan fingerprint density at radius 1 is 1.10 bits per heavy atom. The summed E-state index contributed by atoms with van der Waals surface area (Å²) in [5.74, 6) is 0.182. The lowest BCUT2D eigenvalue weighted by Crippen LogP contribution is -2.60. The van der Waals surface area contributed by atoms with Crippen molar-refractivity contribution in [2.75, 3.05) is 31.6 Å². The number of carbonyl (C=O) groups excluding carboxylic acids is 2. The predicted octanol–water partition coefficient (Wildman–Crippen LogP) is 2.18. The Morgan fingerprint density at radius 3 is 2.29 bits per heavy atom. The van der Waals surface area contributed by atoms with E-state index in [-0.39, 0.29) is 18.3 Å². The number of morpholine rings is 1. The van der Waals surface area contributed by atoms with Crippen molar-refractivity contribution in [3.05, 3.63) is 29.8 Å². The summed E-state index contributed by atoms with van der Waals surface area (Å²) in [5, 5.41) is 13.0. The van der Waals surface area contributed by atoms with Crippen molar-refractivity contribution >= 4 is 24.0 Å². The number of benzene rings is 1. The number of nitrogens with zero attached hydrogens (tertiary/aromatic N) is 1. The molecule has 8 nitrogen and oxygen atoms in total. The van der Waals surface area contributed by atoms with Crippen molar-refractivity contribution in [2.24, 2.45) is 0 Å². The Labute approximate surface area is 183 Å². The Balaban J connectivity index is 0.000000858. The van der Waals surface area contributed by atoms with Crippen molar-refractivity contribution in [1.82, 2.24) is 10.2 Å². The highest BCUT2D eigenvalue weighted by molar-refractivity contribution is 5.98. The normalized spacial score (nSPS) is 20.6. The van der Waals surface area contributed by atoms with Crippen LogP contribution < -0.4 is 10.6 Å². The van der Waals surface area contributed by atoms with Crippen molar-refractivity contribution in [3.63, 3.8) is 0 Å². The first kappa shape index (κ1) is 23.2. The Bertz CT molecular complexity index is 736. The van der Waals surface area contributed by atoms with E-state index in [9.17, 15) is 9.59 Å². The van der Waals surface area contributed by atoms with E-state index in [4.69, 9.17) is 14.6 Å².